The molecule has 0 amide bonds. The van der Waals surface area contributed by atoms with E-state index in [0.717, 1.165) is 51.4 Å². The highest BCUT2D eigenvalue weighted by Gasteiger charge is 2.27. The third kappa shape index (κ3) is 6.48. The summed E-state index contributed by atoms with van der Waals surface area (Å²) in [6.07, 6.45) is 5.92. The van der Waals surface area contributed by atoms with E-state index in [1.165, 1.54) is 19.4 Å². The highest BCUT2D eigenvalue weighted by molar-refractivity contribution is 7.83. The number of hydrogen-bond acceptors (Lipinski definition) is 3. The van der Waals surface area contributed by atoms with E-state index in [2.05, 4.69) is 28.0 Å². The zero-order valence-electron chi connectivity index (χ0n) is 15.6. The average Bonchev–Trinajstić information content (AvgIpc) is 2.60. The Morgan fingerprint density at radius 3 is 2.33 bits per heavy atom. The Kier molecular flexibility index (Phi) is 8.75. The van der Waals surface area contributed by atoms with Crippen LogP contribution in [0.1, 0.15) is 52.9 Å². The minimum absolute atomic E-state index is 0.239. The lowest BCUT2D eigenvalue weighted by Crippen LogP contribution is -2.44. The molecule has 4 nitrogen and oxygen atoms in total. The Morgan fingerprint density at radius 1 is 1.08 bits per heavy atom. The highest BCUT2D eigenvalue weighted by atomic mass is 32.2. The van der Waals surface area contributed by atoms with E-state index < -0.39 is 11.0 Å². The van der Waals surface area contributed by atoms with Gasteiger partial charge in [0.25, 0.3) is 0 Å². The van der Waals surface area contributed by atoms with E-state index in [-0.39, 0.29) is 5.25 Å². The first-order chi connectivity index (χ1) is 11.6. The molecular formula is C19H34N2O2S. The first kappa shape index (κ1) is 19.9. The van der Waals surface area contributed by atoms with Crippen molar-refractivity contribution in [3.63, 3.8) is 0 Å². The molecule has 0 aliphatic carbocycles. The van der Waals surface area contributed by atoms with Crippen molar-refractivity contribution in [2.45, 2.75) is 64.2 Å². The lowest BCUT2D eigenvalue weighted by atomic mass is 9.96. The summed E-state index contributed by atoms with van der Waals surface area (Å²) in [6, 6.07) is 0. The summed E-state index contributed by atoms with van der Waals surface area (Å²) in [4.78, 5) is 2.59. The minimum atomic E-state index is -0.798. The molecule has 1 unspecified atom stereocenters. The maximum absolute atomic E-state index is 12.2. The predicted octanol–water partition coefficient (Wildman–Crippen LogP) is 2.66. The fourth-order valence-electron chi connectivity index (χ4n) is 3.53. The smallest absolute Gasteiger partial charge is 0.108 e. The second kappa shape index (κ2) is 10.6. The molecule has 1 atom stereocenters. The number of piperidine rings is 2. The van der Waals surface area contributed by atoms with Crippen molar-refractivity contribution < 1.29 is 8.95 Å². The van der Waals surface area contributed by atoms with Gasteiger partial charge < -0.3 is 9.64 Å². The molecule has 2 fully saturated rings. The van der Waals surface area contributed by atoms with Crippen LogP contribution in [-0.2, 0) is 15.7 Å². The second-order valence-corrected chi connectivity index (χ2v) is 9.23. The lowest BCUT2D eigenvalue weighted by molar-refractivity contribution is 0.0189. The molecule has 0 radical (unpaired) electrons. The molecule has 0 aromatic heterocycles. The van der Waals surface area contributed by atoms with Crippen molar-refractivity contribution in [3.05, 3.63) is 0 Å². The number of rotatable bonds is 6. The van der Waals surface area contributed by atoms with Crippen LogP contribution in [0.2, 0.25) is 0 Å². The van der Waals surface area contributed by atoms with Gasteiger partial charge in [-0.15, -0.1) is 5.92 Å². The molecule has 24 heavy (non-hydrogen) atoms. The molecule has 2 rings (SSSR count). The van der Waals surface area contributed by atoms with Crippen LogP contribution in [-0.4, -0.2) is 64.1 Å². The Bertz CT molecular complexity index is 442. The van der Waals surface area contributed by atoms with E-state index >= 15 is 0 Å². The van der Waals surface area contributed by atoms with Crippen molar-refractivity contribution in [1.82, 2.24) is 9.21 Å². The Hall–Kier alpha value is -0.410. The summed E-state index contributed by atoms with van der Waals surface area (Å²) in [6.45, 7) is 12.2. The number of nitrogens with zero attached hydrogens (tertiary/aromatic N) is 2. The first-order valence-corrected chi connectivity index (χ1v) is 10.7. The van der Waals surface area contributed by atoms with Crippen molar-refractivity contribution in [1.29, 1.82) is 0 Å². The zero-order valence-corrected chi connectivity index (χ0v) is 16.4. The van der Waals surface area contributed by atoms with E-state index in [4.69, 9.17) is 4.74 Å². The molecule has 2 aliphatic rings. The third-order valence-corrected chi connectivity index (χ3v) is 6.66. The van der Waals surface area contributed by atoms with E-state index in [9.17, 15) is 4.21 Å². The van der Waals surface area contributed by atoms with Crippen molar-refractivity contribution in [2.75, 3.05) is 39.3 Å². The number of hydrogen-bond donors (Lipinski definition) is 0. The Labute approximate surface area is 150 Å². The number of likely N-dealkylation sites (tertiary alicyclic amines) is 1. The van der Waals surface area contributed by atoms with Crippen LogP contribution in [0.15, 0.2) is 0 Å². The van der Waals surface area contributed by atoms with Crippen LogP contribution in [0.5, 0.6) is 0 Å². The van der Waals surface area contributed by atoms with Crippen LogP contribution in [0, 0.1) is 17.8 Å². The normalized spacial score (nSPS) is 23.2. The fraction of sp³-hybridized carbons (Fsp3) is 0.895. The van der Waals surface area contributed by atoms with Gasteiger partial charge in [0.1, 0.15) is 6.61 Å². The average molecular weight is 355 g/mol. The van der Waals surface area contributed by atoms with Gasteiger partial charge in [-0.1, -0.05) is 12.8 Å². The van der Waals surface area contributed by atoms with Gasteiger partial charge in [0.15, 0.2) is 0 Å². The van der Waals surface area contributed by atoms with Gasteiger partial charge in [0.2, 0.25) is 0 Å². The standard InChI is InChI=1S/C19H34N2O2S/c1-4-5-6-15-23-19-9-11-20(12-10-19)16-18-7-13-21(14-8-18)24(22)17(2)3/h17-19H,4,7-16H2,1-3H3. The van der Waals surface area contributed by atoms with Gasteiger partial charge in [-0.05, 0) is 45.4 Å². The lowest BCUT2D eigenvalue weighted by Gasteiger charge is -2.37. The monoisotopic (exact) mass is 354 g/mol. The van der Waals surface area contributed by atoms with Gasteiger partial charge in [0, 0.05) is 44.4 Å². The molecule has 2 saturated heterocycles. The maximum atomic E-state index is 12.2. The Balaban J connectivity index is 1.62. The van der Waals surface area contributed by atoms with Gasteiger partial charge >= 0.3 is 0 Å². The molecule has 0 aromatic rings. The summed E-state index contributed by atoms with van der Waals surface area (Å²) in [5.41, 5.74) is 0. The largest absolute Gasteiger partial charge is 0.365 e. The first-order valence-electron chi connectivity index (χ1n) is 9.55. The van der Waals surface area contributed by atoms with Crippen LogP contribution < -0.4 is 0 Å². The van der Waals surface area contributed by atoms with E-state index in [1.54, 1.807) is 0 Å². The summed E-state index contributed by atoms with van der Waals surface area (Å²) < 4.78 is 20.2. The Morgan fingerprint density at radius 2 is 1.75 bits per heavy atom. The summed E-state index contributed by atoms with van der Waals surface area (Å²) >= 11 is 0. The molecule has 138 valence electrons. The van der Waals surface area contributed by atoms with Gasteiger partial charge in [-0.25, -0.2) is 8.51 Å². The molecule has 0 aromatic carbocycles. The summed E-state index contributed by atoms with van der Waals surface area (Å²) in [5, 5.41) is 0.239. The van der Waals surface area contributed by atoms with Crippen molar-refractivity contribution in [3.8, 4) is 11.8 Å². The molecular weight excluding hydrogens is 320 g/mol. The molecule has 0 N–H and O–H groups in total. The molecule has 2 aliphatic heterocycles. The fourth-order valence-corrected chi connectivity index (χ4v) is 4.70. The second-order valence-electron chi connectivity index (χ2n) is 7.22. The summed E-state index contributed by atoms with van der Waals surface area (Å²) in [5.74, 6) is 6.89. The third-order valence-electron chi connectivity index (χ3n) is 4.98. The quantitative estimate of drug-likeness (QED) is 0.688. The number of ether oxygens (including phenoxy) is 1. The van der Waals surface area contributed by atoms with Crippen LogP contribution in [0.4, 0.5) is 0 Å². The van der Waals surface area contributed by atoms with Crippen LogP contribution in [0.25, 0.3) is 0 Å². The van der Waals surface area contributed by atoms with Crippen LogP contribution >= 0.6 is 0 Å². The van der Waals surface area contributed by atoms with E-state index in [0.29, 0.717) is 12.7 Å². The van der Waals surface area contributed by atoms with Gasteiger partial charge in [-0.3, -0.25) is 0 Å². The molecule has 0 bridgehead atoms. The highest BCUT2D eigenvalue weighted by Crippen LogP contribution is 2.23. The summed E-state index contributed by atoms with van der Waals surface area (Å²) in [7, 11) is -0.798. The topological polar surface area (TPSA) is 32.8 Å². The minimum Gasteiger partial charge on any atom is -0.365 e. The van der Waals surface area contributed by atoms with Crippen molar-refractivity contribution in [2.24, 2.45) is 5.92 Å². The zero-order chi connectivity index (χ0) is 17.4. The predicted molar refractivity (Wildman–Crippen MR) is 101 cm³/mol. The van der Waals surface area contributed by atoms with E-state index in [1.807, 2.05) is 13.8 Å². The van der Waals surface area contributed by atoms with Crippen LogP contribution in [0.3, 0.4) is 0 Å². The SMILES string of the molecule is CCC#CCOC1CCN(CC2CCN(S(=O)C(C)C)CC2)CC1. The molecule has 5 heteroatoms. The molecule has 2 heterocycles. The van der Waals surface area contributed by atoms with Gasteiger partial charge in [-0.2, -0.15) is 0 Å². The van der Waals surface area contributed by atoms with Crippen molar-refractivity contribution >= 4 is 11.0 Å². The molecule has 0 saturated carbocycles. The molecule has 0 spiro atoms. The maximum Gasteiger partial charge on any atom is 0.108 e. The van der Waals surface area contributed by atoms with Gasteiger partial charge in [0.05, 0.1) is 17.1 Å².